The molecule has 27 heavy (non-hydrogen) atoms. The number of nitrogens with zero attached hydrogens (tertiary/aromatic N) is 2. The molecule has 0 fully saturated rings. The van der Waals surface area contributed by atoms with Crippen molar-refractivity contribution in [1.82, 2.24) is 14.9 Å². The van der Waals surface area contributed by atoms with Crippen molar-refractivity contribution in [3.05, 3.63) is 66.0 Å². The van der Waals surface area contributed by atoms with Gasteiger partial charge < -0.3 is 9.88 Å². The fourth-order valence-corrected chi connectivity index (χ4v) is 2.93. The molecule has 1 unspecified atom stereocenters. The lowest BCUT2D eigenvalue weighted by atomic mass is 9.95. The molecule has 1 heterocycles. The van der Waals surface area contributed by atoms with E-state index in [2.05, 4.69) is 5.32 Å². The number of hydrogen-bond donors (Lipinski definition) is 1. The molecule has 1 atom stereocenters. The largest absolute Gasteiger partial charge is 0.346 e. The van der Waals surface area contributed by atoms with Gasteiger partial charge in [0.25, 0.3) is 0 Å². The van der Waals surface area contributed by atoms with Crippen LogP contribution in [0.4, 0.5) is 0 Å². The van der Waals surface area contributed by atoms with E-state index < -0.39 is 5.41 Å². The van der Waals surface area contributed by atoms with E-state index >= 15 is 0 Å². The Morgan fingerprint density at radius 1 is 1.04 bits per heavy atom. The molecule has 2 aromatic carbocycles. The molecule has 0 spiro atoms. The third kappa shape index (κ3) is 4.08. The number of benzene rings is 2. The lowest BCUT2D eigenvalue weighted by Crippen LogP contribution is -2.37. The zero-order valence-corrected chi connectivity index (χ0v) is 16.2. The summed E-state index contributed by atoms with van der Waals surface area (Å²) >= 11 is 0. The molecule has 0 radical (unpaired) electrons. The molecule has 0 saturated carbocycles. The Balaban J connectivity index is 1.97. The molecule has 140 valence electrons. The normalized spacial score (nSPS) is 12.7. The van der Waals surface area contributed by atoms with Crippen LogP contribution >= 0.6 is 0 Å². The van der Waals surface area contributed by atoms with Crippen molar-refractivity contribution in [1.29, 1.82) is 0 Å². The van der Waals surface area contributed by atoms with Crippen molar-refractivity contribution in [2.75, 3.05) is 0 Å². The molecule has 0 bridgehead atoms. The van der Waals surface area contributed by atoms with E-state index in [9.17, 15) is 9.59 Å². The molecule has 1 N–H and O–H groups in total. The Bertz CT molecular complexity index is 968. The van der Waals surface area contributed by atoms with Crippen molar-refractivity contribution in [2.24, 2.45) is 5.41 Å². The smallest absolute Gasteiger partial charge is 0.225 e. The first-order valence-electron chi connectivity index (χ1n) is 9.12. The van der Waals surface area contributed by atoms with E-state index in [1.165, 1.54) is 0 Å². The summed E-state index contributed by atoms with van der Waals surface area (Å²) in [6, 6.07) is 16.6. The maximum Gasteiger partial charge on any atom is 0.225 e. The standard InChI is InChI=1S/C22H25N3O2/c1-15(23-21(27)22(2,3)4)20-24-17-12-8-9-13-18(17)25(20)14-19(26)16-10-6-5-7-11-16/h5-13,15H,14H2,1-4H3,(H,23,27). The highest BCUT2D eigenvalue weighted by atomic mass is 16.2. The first kappa shape index (κ1) is 18.8. The predicted molar refractivity (Wildman–Crippen MR) is 107 cm³/mol. The molecule has 5 heteroatoms. The molecule has 1 amide bonds. The van der Waals surface area contributed by atoms with Gasteiger partial charge in [0.1, 0.15) is 5.82 Å². The summed E-state index contributed by atoms with van der Waals surface area (Å²) in [5, 5.41) is 3.02. The van der Waals surface area contributed by atoms with Gasteiger partial charge in [0.15, 0.2) is 5.78 Å². The number of Topliss-reactive ketones (excluding diaryl/α,β-unsaturated/α-hetero) is 1. The van der Waals surface area contributed by atoms with E-state index in [-0.39, 0.29) is 24.3 Å². The molecule has 5 nitrogen and oxygen atoms in total. The summed E-state index contributed by atoms with van der Waals surface area (Å²) in [5.74, 6) is 0.635. The minimum atomic E-state index is -0.495. The maximum absolute atomic E-state index is 12.8. The number of aromatic nitrogens is 2. The summed E-state index contributed by atoms with van der Waals surface area (Å²) in [6.07, 6.45) is 0. The Morgan fingerprint density at radius 3 is 2.33 bits per heavy atom. The summed E-state index contributed by atoms with van der Waals surface area (Å²) < 4.78 is 1.90. The second-order valence-electron chi connectivity index (χ2n) is 7.78. The third-order valence-corrected chi connectivity index (χ3v) is 4.50. The average Bonchev–Trinajstić information content (AvgIpc) is 3.00. The summed E-state index contributed by atoms with van der Waals surface area (Å²) in [6.45, 7) is 7.69. The molecule has 0 saturated heterocycles. The number of hydrogen-bond acceptors (Lipinski definition) is 3. The van der Waals surface area contributed by atoms with Crippen molar-refractivity contribution >= 4 is 22.7 Å². The Hall–Kier alpha value is -2.95. The van der Waals surface area contributed by atoms with Crippen molar-refractivity contribution in [3.63, 3.8) is 0 Å². The van der Waals surface area contributed by atoms with Gasteiger partial charge in [0.2, 0.25) is 5.91 Å². The molecule has 0 aliphatic rings. The number of nitrogens with one attached hydrogen (secondary N) is 1. The van der Waals surface area contributed by atoms with E-state index in [1.54, 1.807) is 0 Å². The number of carbonyl (C=O) groups is 2. The fraction of sp³-hybridized carbons (Fsp3) is 0.318. The van der Waals surface area contributed by atoms with E-state index in [1.807, 2.05) is 86.9 Å². The number of imidazole rings is 1. The molecule has 0 aliphatic heterocycles. The monoisotopic (exact) mass is 363 g/mol. The first-order valence-corrected chi connectivity index (χ1v) is 9.12. The number of fused-ring (bicyclic) bond motifs is 1. The van der Waals surface area contributed by atoms with Crippen LogP contribution in [0.5, 0.6) is 0 Å². The SMILES string of the molecule is CC(NC(=O)C(C)(C)C)c1nc2ccccc2n1CC(=O)c1ccccc1. The molecular weight excluding hydrogens is 338 g/mol. The Morgan fingerprint density at radius 2 is 1.67 bits per heavy atom. The average molecular weight is 363 g/mol. The van der Waals surface area contributed by atoms with Crippen LogP contribution < -0.4 is 5.32 Å². The fourth-order valence-electron chi connectivity index (χ4n) is 2.93. The molecule has 3 aromatic rings. The van der Waals surface area contributed by atoms with Gasteiger partial charge in [-0.25, -0.2) is 4.98 Å². The van der Waals surface area contributed by atoms with Crippen molar-refractivity contribution in [3.8, 4) is 0 Å². The maximum atomic E-state index is 12.8. The topological polar surface area (TPSA) is 64.0 Å². The van der Waals surface area contributed by atoms with Crippen LogP contribution in [0.2, 0.25) is 0 Å². The number of para-hydroxylation sites is 2. The van der Waals surface area contributed by atoms with Crippen molar-refractivity contribution in [2.45, 2.75) is 40.3 Å². The van der Waals surface area contributed by atoms with Crippen LogP contribution in [0, 0.1) is 5.41 Å². The minimum absolute atomic E-state index is 0.00866. The first-order chi connectivity index (χ1) is 12.8. The van der Waals surface area contributed by atoms with Crippen LogP contribution in [0.25, 0.3) is 11.0 Å². The number of ketones is 1. The van der Waals surface area contributed by atoms with Gasteiger partial charge in [0.05, 0.1) is 23.6 Å². The third-order valence-electron chi connectivity index (χ3n) is 4.50. The minimum Gasteiger partial charge on any atom is -0.346 e. The van der Waals surface area contributed by atoms with Gasteiger partial charge in [-0.15, -0.1) is 0 Å². The van der Waals surface area contributed by atoms with E-state index in [0.717, 1.165) is 11.0 Å². The quantitative estimate of drug-likeness (QED) is 0.693. The van der Waals surface area contributed by atoms with Crippen LogP contribution in [0.3, 0.4) is 0 Å². The lowest BCUT2D eigenvalue weighted by molar-refractivity contribution is -0.129. The number of rotatable bonds is 5. The molecule has 1 aromatic heterocycles. The second-order valence-corrected chi connectivity index (χ2v) is 7.78. The zero-order chi connectivity index (χ0) is 19.6. The van der Waals surface area contributed by atoms with Crippen LogP contribution in [-0.2, 0) is 11.3 Å². The van der Waals surface area contributed by atoms with Gasteiger partial charge >= 0.3 is 0 Å². The van der Waals surface area contributed by atoms with Gasteiger partial charge in [0, 0.05) is 11.0 Å². The molecule has 3 rings (SSSR count). The van der Waals surface area contributed by atoms with E-state index in [0.29, 0.717) is 11.4 Å². The van der Waals surface area contributed by atoms with Crippen LogP contribution in [0.15, 0.2) is 54.6 Å². The zero-order valence-electron chi connectivity index (χ0n) is 16.2. The highest BCUT2D eigenvalue weighted by molar-refractivity contribution is 5.96. The van der Waals surface area contributed by atoms with Gasteiger partial charge in [-0.2, -0.15) is 0 Å². The van der Waals surface area contributed by atoms with E-state index in [4.69, 9.17) is 4.98 Å². The molecule has 0 aliphatic carbocycles. The molecular formula is C22H25N3O2. The van der Waals surface area contributed by atoms with Gasteiger partial charge in [-0.05, 0) is 19.1 Å². The Kier molecular flexibility index (Phi) is 5.13. The lowest BCUT2D eigenvalue weighted by Gasteiger charge is -2.22. The van der Waals surface area contributed by atoms with Gasteiger partial charge in [-0.1, -0.05) is 63.2 Å². The van der Waals surface area contributed by atoms with Gasteiger partial charge in [-0.3, -0.25) is 9.59 Å². The highest BCUT2D eigenvalue weighted by Gasteiger charge is 2.26. The summed E-state index contributed by atoms with van der Waals surface area (Å²) in [5.41, 5.74) is 1.86. The predicted octanol–water partition coefficient (Wildman–Crippen LogP) is 4.14. The number of carbonyl (C=O) groups excluding carboxylic acids is 2. The van der Waals surface area contributed by atoms with Crippen LogP contribution in [0.1, 0.15) is 49.9 Å². The summed E-state index contributed by atoms with van der Waals surface area (Å²) in [4.78, 5) is 29.9. The number of amides is 1. The Labute approximate surface area is 159 Å². The second kappa shape index (κ2) is 7.35. The van der Waals surface area contributed by atoms with Crippen LogP contribution in [-0.4, -0.2) is 21.2 Å². The summed E-state index contributed by atoms with van der Waals surface area (Å²) in [7, 11) is 0. The highest BCUT2D eigenvalue weighted by Crippen LogP contribution is 2.23. The van der Waals surface area contributed by atoms with Crippen molar-refractivity contribution < 1.29 is 9.59 Å².